The summed E-state index contributed by atoms with van der Waals surface area (Å²) in [6.45, 7) is 18.7. The number of anilines is 1. The topological polar surface area (TPSA) is 103 Å². The number of hydrogen-bond acceptors (Lipinski definition) is 5. The minimum atomic E-state index is -0.574. The van der Waals surface area contributed by atoms with E-state index in [0.29, 0.717) is 36.8 Å². The third kappa shape index (κ3) is 11.7. The number of benzene rings is 2. The van der Waals surface area contributed by atoms with Gasteiger partial charge in [0, 0.05) is 30.9 Å². The molecule has 260 valence electrons. The van der Waals surface area contributed by atoms with Crippen LogP contribution in [0.25, 0.3) is 0 Å². The van der Waals surface area contributed by atoms with E-state index in [4.69, 9.17) is 0 Å². The van der Waals surface area contributed by atoms with Gasteiger partial charge in [0.2, 0.25) is 0 Å². The van der Waals surface area contributed by atoms with Crippen LogP contribution in [0.5, 0.6) is 5.75 Å². The lowest BCUT2D eigenvalue weighted by Gasteiger charge is -2.29. The molecule has 0 spiro atoms. The van der Waals surface area contributed by atoms with Crippen LogP contribution in [0.15, 0.2) is 84.2 Å². The Morgan fingerprint density at radius 3 is 2.52 bits per heavy atom. The fourth-order valence-electron chi connectivity index (χ4n) is 6.05. The Bertz CT molecular complexity index is 1530. The number of allylic oxidation sites excluding steroid dienone is 2. The fraction of sp³-hybridized carbons (Fsp3) is 0.475. The van der Waals surface area contributed by atoms with Crippen LogP contribution in [0.4, 0.5) is 5.69 Å². The highest BCUT2D eigenvalue weighted by Crippen LogP contribution is 2.29. The maximum atomic E-state index is 14.1. The van der Waals surface area contributed by atoms with E-state index in [0.717, 1.165) is 55.5 Å². The van der Waals surface area contributed by atoms with Gasteiger partial charge in [-0.15, -0.1) is 0 Å². The first-order valence-electron chi connectivity index (χ1n) is 17.8. The zero-order chi connectivity index (χ0) is 34.9. The predicted molar refractivity (Wildman–Crippen MR) is 199 cm³/mol. The van der Waals surface area contributed by atoms with Gasteiger partial charge in [-0.25, -0.2) is 9.89 Å². The van der Waals surface area contributed by atoms with Crippen molar-refractivity contribution in [2.75, 3.05) is 18.0 Å². The molecule has 48 heavy (non-hydrogen) atoms. The Balaban J connectivity index is 1.98. The van der Waals surface area contributed by atoms with E-state index in [1.165, 1.54) is 35.8 Å². The van der Waals surface area contributed by atoms with E-state index in [1.54, 1.807) is 12.1 Å². The Hall–Kier alpha value is -4.33. The number of aromatic amines is 1. The molecule has 3 rings (SSSR count). The second-order valence-electron chi connectivity index (χ2n) is 12.8. The Labute approximate surface area is 287 Å². The number of aromatic hydroxyl groups is 1. The van der Waals surface area contributed by atoms with Gasteiger partial charge in [-0.1, -0.05) is 96.0 Å². The molecule has 3 N–H and O–H groups in total. The summed E-state index contributed by atoms with van der Waals surface area (Å²) < 4.78 is 1.54. The maximum Gasteiger partial charge on any atom is 0.343 e. The highest BCUT2D eigenvalue weighted by Gasteiger charge is 2.24. The second-order valence-corrected chi connectivity index (χ2v) is 12.8. The van der Waals surface area contributed by atoms with Gasteiger partial charge >= 0.3 is 5.69 Å². The number of hydrogen-bond donors (Lipinski definition) is 3. The molecule has 0 saturated heterocycles. The molecule has 2 unspecified atom stereocenters. The standard InChI is InChI=1S/C40H57N5O3/c1-7-11-13-14-15-17-25-44(29-30(5)9-3)37-28-34(22-21-33(37)26-31(6)18-16-12-8-2)39(47)41-36(27-32-19-23-35(46)24-20-32)38-42-43-40(48)45(38)10-4/h9,11,13,19-24,28,31,36,46H,3,5,7-8,10,12,14-18,25-27,29H2,1-2,4,6H3,(H,41,47)(H,43,48)/b13-11+. The highest BCUT2D eigenvalue weighted by atomic mass is 16.3. The highest BCUT2D eigenvalue weighted by molar-refractivity contribution is 5.95. The van der Waals surface area contributed by atoms with Crippen molar-refractivity contribution in [2.45, 2.75) is 104 Å². The number of rotatable bonds is 22. The minimum Gasteiger partial charge on any atom is -0.508 e. The van der Waals surface area contributed by atoms with Crippen molar-refractivity contribution < 1.29 is 9.90 Å². The molecule has 1 heterocycles. The number of nitrogens with zero attached hydrogens (tertiary/aromatic N) is 3. The van der Waals surface area contributed by atoms with Crippen molar-refractivity contribution in [3.05, 3.63) is 112 Å². The summed E-state index contributed by atoms with van der Waals surface area (Å²) in [7, 11) is 0. The normalized spacial score (nSPS) is 12.6. The number of carbonyl (C=O) groups is 1. The summed E-state index contributed by atoms with van der Waals surface area (Å²) in [5.41, 5.74) is 4.34. The molecule has 2 aromatic carbocycles. The first kappa shape index (κ1) is 38.1. The van der Waals surface area contributed by atoms with Crippen LogP contribution in [0.1, 0.15) is 112 Å². The summed E-state index contributed by atoms with van der Waals surface area (Å²) in [4.78, 5) is 28.9. The van der Waals surface area contributed by atoms with Gasteiger partial charge in [0.25, 0.3) is 5.91 Å². The van der Waals surface area contributed by atoms with Crippen molar-refractivity contribution in [1.82, 2.24) is 20.1 Å². The van der Waals surface area contributed by atoms with E-state index in [9.17, 15) is 14.7 Å². The van der Waals surface area contributed by atoms with Crippen LogP contribution in [0.3, 0.4) is 0 Å². The number of unbranched alkanes of at least 4 members (excludes halogenated alkanes) is 4. The molecule has 0 aliphatic heterocycles. The van der Waals surface area contributed by atoms with Gasteiger partial charge in [-0.05, 0) is 92.3 Å². The predicted octanol–water partition coefficient (Wildman–Crippen LogP) is 8.45. The van der Waals surface area contributed by atoms with Crippen molar-refractivity contribution in [3.63, 3.8) is 0 Å². The zero-order valence-corrected chi connectivity index (χ0v) is 29.6. The molecule has 0 saturated carbocycles. The maximum absolute atomic E-state index is 14.1. The van der Waals surface area contributed by atoms with Crippen molar-refractivity contribution in [3.8, 4) is 5.75 Å². The molecule has 0 fully saturated rings. The molecule has 0 aliphatic carbocycles. The lowest BCUT2D eigenvalue weighted by atomic mass is 9.93. The summed E-state index contributed by atoms with van der Waals surface area (Å²) in [6.07, 6.45) is 16.6. The molecule has 1 amide bonds. The number of nitrogens with one attached hydrogen (secondary N) is 2. The Morgan fingerprint density at radius 2 is 1.83 bits per heavy atom. The van der Waals surface area contributed by atoms with Crippen LogP contribution in [0, 0.1) is 5.92 Å². The van der Waals surface area contributed by atoms with Gasteiger partial charge in [0.15, 0.2) is 5.82 Å². The lowest BCUT2D eigenvalue weighted by Crippen LogP contribution is -2.33. The fourth-order valence-corrected chi connectivity index (χ4v) is 6.05. The SMILES string of the molecule is C=CC(=C)CN(CCCC/C=C/CC)c1cc(C(=O)NC(Cc2ccc(O)cc2)c2n[nH]c(=O)n2CC)ccc1CC(C)CCCCC. The first-order valence-corrected chi connectivity index (χ1v) is 17.8. The smallest absolute Gasteiger partial charge is 0.343 e. The molecular formula is C40H57N5O3. The zero-order valence-electron chi connectivity index (χ0n) is 29.6. The van der Waals surface area contributed by atoms with Gasteiger partial charge in [0.1, 0.15) is 5.75 Å². The Kier molecular flexibility index (Phi) is 16.0. The molecule has 8 heteroatoms. The van der Waals surface area contributed by atoms with Gasteiger partial charge in [0.05, 0.1) is 6.04 Å². The number of phenolic OH excluding ortho intramolecular Hbond substituents is 1. The molecule has 8 nitrogen and oxygen atoms in total. The molecular weight excluding hydrogens is 598 g/mol. The van der Waals surface area contributed by atoms with E-state index in [1.807, 2.05) is 37.3 Å². The van der Waals surface area contributed by atoms with Crippen LogP contribution in [-0.2, 0) is 19.4 Å². The Morgan fingerprint density at radius 1 is 1.06 bits per heavy atom. The average molecular weight is 656 g/mol. The molecule has 0 bridgehead atoms. The largest absolute Gasteiger partial charge is 0.508 e. The third-order valence-corrected chi connectivity index (χ3v) is 8.79. The minimum absolute atomic E-state index is 0.165. The summed E-state index contributed by atoms with van der Waals surface area (Å²) in [6, 6.07) is 12.3. The van der Waals surface area contributed by atoms with E-state index in [-0.39, 0.29) is 17.3 Å². The van der Waals surface area contributed by atoms with E-state index >= 15 is 0 Å². The van der Waals surface area contributed by atoms with Gasteiger partial charge in [-0.2, -0.15) is 5.10 Å². The summed E-state index contributed by atoms with van der Waals surface area (Å²) in [5.74, 6) is 0.896. The van der Waals surface area contributed by atoms with Crippen molar-refractivity contribution >= 4 is 11.6 Å². The number of amides is 1. The second kappa shape index (κ2) is 20.1. The van der Waals surface area contributed by atoms with Crippen LogP contribution >= 0.6 is 0 Å². The number of carbonyl (C=O) groups excluding carboxylic acids is 1. The summed E-state index contributed by atoms with van der Waals surface area (Å²) >= 11 is 0. The monoisotopic (exact) mass is 655 g/mol. The van der Waals surface area contributed by atoms with Gasteiger partial charge < -0.3 is 15.3 Å². The molecule has 0 radical (unpaired) electrons. The summed E-state index contributed by atoms with van der Waals surface area (Å²) in [5, 5.41) is 19.8. The van der Waals surface area contributed by atoms with Gasteiger partial charge in [-0.3, -0.25) is 9.36 Å². The lowest BCUT2D eigenvalue weighted by molar-refractivity contribution is 0.0934. The van der Waals surface area contributed by atoms with Crippen molar-refractivity contribution in [2.24, 2.45) is 5.92 Å². The molecule has 0 aliphatic rings. The average Bonchev–Trinajstić information content (AvgIpc) is 3.46. The first-order chi connectivity index (χ1) is 23.2. The quantitative estimate of drug-likeness (QED) is 0.0573. The number of aromatic nitrogens is 3. The molecule has 1 aromatic heterocycles. The molecule has 3 aromatic rings. The van der Waals surface area contributed by atoms with Crippen LogP contribution in [0.2, 0.25) is 0 Å². The number of H-pyrrole nitrogens is 1. The van der Waals surface area contributed by atoms with Crippen LogP contribution in [-0.4, -0.2) is 38.9 Å². The van der Waals surface area contributed by atoms with E-state index in [2.05, 4.69) is 72.6 Å². The number of phenols is 1. The van der Waals surface area contributed by atoms with Crippen LogP contribution < -0.4 is 15.9 Å². The third-order valence-electron chi connectivity index (χ3n) is 8.79. The van der Waals surface area contributed by atoms with E-state index < -0.39 is 6.04 Å². The van der Waals surface area contributed by atoms with Crippen molar-refractivity contribution in [1.29, 1.82) is 0 Å². The molecule has 2 atom stereocenters.